The van der Waals surface area contributed by atoms with Gasteiger partial charge in [-0.2, -0.15) is 0 Å². The lowest BCUT2D eigenvalue weighted by Crippen LogP contribution is -2.03. The van der Waals surface area contributed by atoms with E-state index in [4.69, 9.17) is 27.9 Å². The lowest BCUT2D eigenvalue weighted by atomic mass is 10.1. The van der Waals surface area contributed by atoms with E-state index in [2.05, 4.69) is 15.3 Å². The third kappa shape index (κ3) is 3.35. The van der Waals surface area contributed by atoms with Crippen LogP contribution in [-0.4, -0.2) is 24.1 Å². The van der Waals surface area contributed by atoms with Crippen molar-refractivity contribution >= 4 is 29.0 Å². The highest BCUT2D eigenvalue weighted by Crippen LogP contribution is 2.30. The van der Waals surface area contributed by atoms with Crippen LogP contribution < -0.4 is 5.32 Å². The number of hydrogen-bond acceptors (Lipinski definition) is 4. The normalized spacial score (nSPS) is 10.5. The lowest BCUT2D eigenvalue weighted by Gasteiger charge is -2.09. The van der Waals surface area contributed by atoms with Gasteiger partial charge in [0.05, 0.1) is 10.7 Å². The smallest absolute Gasteiger partial charge is 0.157 e. The average Bonchev–Trinajstić information content (AvgIpc) is 2.41. The van der Waals surface area contributed by atoms with Crippen LogP contribution in [0.25, 0.3) is 11.3 Å². The van der Waals surface area contributed by atoms with Gasteiger partial charge < -0.3 is 10.1 Å². The molecule has 19 heavy (non-hydrogen) atoms. The third-order valence-electron chi connectivity index (χ3n) is 2.51. The first-order chi connectivity index (χ1) is 9.13. The molecular formula is C13H13Cl2N3O. The minimum absolute atomic E-state index is 0.334. The van der Waals surface area contributed by atoms with Crippen LogP contribution in [0.4, 0.5) is 5.82 Å². The van der Waals surface area contributed by atoms with Gasteiger partial charge in [0.25, 0.3) is 0 Å². The van der Waals surface area contributed by atoms with Crippen LogP contribution >= 0.6 is 23.2 Å². The molecule has 1 aromatic carbocycles. The Bertz CT molecular complexity index is 590. The van der Waals surface area contributed by atoms with Crippen molar-refractivity contribution in [2.24, 2.45) is 0 Å². The molecule has 0 radical (unpaired) electrons. The van der Waals surface area contributed by atoms with Gasteiger partial charge >= 0.3 is 0 Å². The topological polar surface area (TPSA) is 47.0 Å². The van der Waals surface area contributed by atoms with Gasteiger partial charge in [-0.25, -0.2) is 9.97 Å². The van der Waals surface area contributed by atoms with Crippen molar-refractivity contribution in [2.45, 2.75) is 6.61 Å². The molecule has 100 valence electrons. The van der Waals surface area contributed by atoms with Crippen molar-refractivity contribution in [1.29, 1.82) is 0 Å². The molecule has 1 N–H and O–H groups in total. The molecule has 1 heterocycles. The van der Waals surface area contributed by atoms with E-state index in [1.54, 1.807) is 32.4 Å². The molecule has 0 atom stereocenters. The minimum Gasteiger partial charge on any atom is -0.377 e. The Morgan fingerprint density at radius 3 is 2.68 bits per heavy atom. The molecule has 0 aliphatic rings. The van der Waals surface area contributed by atoms with Gasteiger partial charge in [0, 0.05) is 30.8 Å². The van der Waals surface area contributed by atoms with E-state index in [9.17, 15) is 0 Å². The van der Waals surface area contributed by atoms with Gasteiger partial charge in [0.2, 0.25) is 0 Å². The number of rotatable bonds is 4. The number of methoxy groups -OCH3 is 1. The van der Waals surface area contributed by atoms with Crippen molar-refractivity contribution in [1.82, 2.24) is 9.97 Å². The van der Waals surface area contributed by atoms with Crippen molar-refractivity contribution in [3.05, 3.63) is 40.1 Å². The molecule has 0 aliphatic heterocycles. The number of anilines is 1. The number of ether oxygens (including phenoxy) is 1. The van der Waals surface area contributed by atoms with E-state index >= 15 is 0 Å². The largest absolute Gasteiger partial charge is 0.377 e. The molecular weight excluding hydrogens is 285 g/mol. The number of nitrogens with zero attached hydrogens (tertiary/aromatic N) is 2. The monoisotopic (exact) mass is 297 g/mol. The fourth-order valence-corrected chi connectivity index (χ4v) is 2.04. The summed E-state index contributed by atoms with van der Waals surface area (Å²) in [6.45, 7) is 0.334. The van der Waals surface area contributed by atoms with Crippen LogP contribution in [0.15, 0.2) is 24.3 Å². The molecule has 0 fully saturated rings. The van der Waals surface area contributed by atoms with E-state index in [1.807, 2.05) is 6.07 Å². The van der Waals surface area contributed by atoms with Gasteiger partial charge in [-0.15, -0.1) is 0 Å². The zero-order valence-corrected chi connectivity index (χ0v) is 12.1. The SMILES string of the molecule is CNc1cc(-c2cc(Cl)ccc2Cl)nc(COC)n1. The van der Waals surface area contributed by atoms with Gasteiger partial charge in [-0.05, 0) is 18.2 Å². The highest BCUT2D eigenvalue weighted by Gasteiger charge is 2.10. The molecule has 0 aliphatic carbocycles. The highest BCUT2D eigenvalue weighted by atomic mass is 35.5. The lowest BCUT2D eigenvalue weighted by molar-refractivity contribution is 0.178. The number of nitrogens with one attached hydrogen (secondary N) is 1. The molecule has 0 unspecified atom stereocenters. The maximum atomic E-state index is 6.18. The summed E-state index contributed by atoms with van der Waals surface area (Å²) in [6.07, 6.45) is 0. The number of aromatic nitrogens is 2. The maximum absolute atomic E-state index is 6.18. The molecule has 0 spiro atoms. The summed E-state index contributed by atoms with van der Waals surface area (Å²) in [4.78, 5) is 8.72. The second kappa shape index (κ2) is 6.19. The van der Waals surface area contributed by atoms with Gasteiger partial charge in [0.15, 0.2) is 5.82 Å². The maximum Gasteiger partial charge on any atom is 0.157 e. The summed E-state index contributed by atoms with van der Waals surface area (Å²) >= 11 is 12.2. The van der Waals surface area contributed by atoms with Crippen LogP contribution in [0, 0.1) is 0 Å². The van der Waals surface area contributed by atoms with Crippen molar-refractivity contribution in [2.75, 3.05) is 19.5 Å². The van der Waals surface area contributed by atoms with Crippen LogP contribution in [0.1, 0.15) is 5.82 Å². The highest BCUT2D eigenvalue weighted by molar-refractivity contribution is 6.35. The van der Waals surface area contributed by atoms with E-state index in [-0.39, 0.29) is 0 Å². The first-order valence-electron chi connectivity index (χ1n) is 5.64. The van der Waals surface area contributed by atoms with E-state index in [1.165, 1.54) is 0 Å². The van der Waals surface area contributed by atoms with Gasteiger partial charge in [-0.3, -0.25) is 0 Å². The molecule has 1 aromatic heterocycles. The molecule has 2 rings (SSSR count). The molecule has 0 saturated carbocycles. The second-order valence-electron chi connectivity index (χ2n) is 3.86. The standard InChI is InChI=1S/C13H13Cl2N3O/c1-16-12-6-11(17-13(18-12)7-19-2)9-5-8(14)3-4-10(9)15/h3-6H,7H2,1-2H3,(H,16,17,18). The zero-order valence-electron chi connectivity index (χ0n) is 10.6. The van der Waals surface area contributed by atoms with E-state index in [0.29, 0.717) is 34.0 Å². The van der Waals surface area contributed by atoms with Crippen LogP contribution in [0.3, 0.4) is 0 Å². The zero-order chi connectivity index (χ0) is 13.8. The molecule has 0 bridgehead atoms. The first-order valence-corrected chi connectivity index (χ1v) is 6.39. The van der Waals surface area contributed by atoms with Crippen molar-refractivity contribution in [3.8, 4) is 11.3 Å². The minimum atomic E-state index is 0.334. The predicted octanol–water partition coefficient (Wildman–Crippen LogP) is 3.64. The molecule has 4 nitrogen and oxygen atoms in total. The average molecular weight is 298 g/mol. The number of hydrogen-bond donors (Lipinski definition) is 1. The van der Waals surface area contributed by atoms with Crippen molar-refractivity contribution < 1.29 is 4.74 Å². The number of benzene rings is 1. The molecule has 0 saturated heterocycles. The van der Waals surface area contributed by atoms with Gasteiger partial charge in [-0.1, -0.05) is 23.2 Å². The third-order valence-corrected chi connectivity index (χ3v) is 3.07. The van der Waals surface area contributed by atoms with Crippen LogP contribution in [0.5, 0.6) is 0 Å². The van der Waals surface area contributed by atoms with Crippen LogP contribution in [0.2, 0.25) is 10.0 Å². The number of halogens is 2. The van der Waals surface area contributed by atoms with E-state index < -0.39 is 0 Å². The summed E-state index contributed by atoms with van der Waals surface area (Å²) in [5, 5.41) is 4.19. The second-order valence-corrected chi connectivity index (χ2v) is 4.71. The van der Waals surface area contributed by atoms with Gasteiger partial charge in [0.1, 0.15) is 12.4 Å². The summed E-state index contributed by atoms with van der Waals surface area (Å²) < 4.78 is 5.06. The Kier molecular flexibility index (Phi) is 4.58. The molecule has 0 amide bonds. The Morgan fingerprint density at radius 1 is 1.21 bits per heavy atom. The summed E-state index contributed by atoms with van der Waals surface area (Å²) in [6, 6.07) is 7.08. The molecule has 6 heteroatoms. The quantitative estimate of drug-likeness (QED) is 0.936. The Balaban J connectivity index is 2.54. The summed E-state index contributed by atoms with van der Waals surface area (Å²) in [5.41, 5.74) is 1.48. The summed E-state index contributed by atoms with van der Waals surface area (Å²) in [5.74, 6) is 1.29. The van der Waals surface area contributed by atoms with E-state index in [0.717, 1.165) is 5.56 Å². The fourth-order valence-electron chi connectivity index (χ4n) is 1.65. The Hall–Kier alpha value is -1.36. The summed E-state index contributed by atoms with van der Waals surface area (Å²) in [7, 11) is 3.39. The molecule has 2 aromatic rings. The van der Waals surface area contributed by atoms with Crippen molar-refractivity contribution in [3.63, 3.8) is 0 Å². The van der Waals surface area contributed by atoms with Crippen LogP contribution in [-0.2, 0) is 11.3 Å². The Labute approximate surface area is 121 Å². The Morgan fingerprint density at radius 2 is 2.00 bits per heavy atom. The first kappa shape index (κ1) is 14.1. The fraction of sp³-hybridized carbons (Fsp3) is 0.231. The predicted molar refractivity (Wildman–Crippen MR) is 77.7 cm³/mol.